The van der Waals surface area contributed by atoms with Gasteiger partial charge in [-0.15, -0.1) is 0 Å². The topological polar surface area (TPSA) is 29.1 Å². The van der Waals surface area contributed by atoms with Crippen molar-refractivity contribution in [2.24, 2.45) is 0 Å². The number of benzene rings is 1. The van der Waals surface area contributed by atoms with E-state index in [0.717, 1.165) is 28.5 Å². The molecule has 0 heterocycles. The molecule has 1 rings (SSSR count). The highest BCUT2D eigenvalue weighted by Gasteiger charge is 2.07. The van der Waals surface area contributed by atoms with E-state index in [4.69, 9.17) is 0 Å². The Labute approximate surface area is 105 Å². The number of aryl methyl sites for hydroxylation is 2. The fourth-order valence-corrected chi connectivity index (χ4v) is 1.81. The molecule has 1 aromatic carbocycles. The second-order valence-electron chi connectivity index (χ2n) is 3.62. The van der Waals surface area contributed by atoms with Crippen LogP contribution >= 0.6 is 22.6 Å². The molecule has 0 saturated heterocycles. The highest BCUT2D eigenvalue weighted by atomic mass is 127. The van der Waals surface area contributed by atoms with E-state index in [9.17, 15) is 4.79 Å². The lowest BCUT2D eigenvalue weighted by atomic mass is 10.1. The van der Waals surface area contributed by atoms with Crippen molar-refractivity contribution in [2.75, 3.05) is 11.0 Å². The number of carbonyl (C=O) groups excluding carboxylic acids is 1. The van der Waals surface area contributed by atoms with Crippen LogP contribution in [0.15, 0.2) is 18.2 Å². The molecule has 0 aliphatic carbocycles. The Morgan fingerprint density at radius 2 is 2.13 bits per heavy atom. The first kappa shape index (κ1) is 12.5. The minimum absolute atomic E-state index is 0.0392. The largest absolute Gasteiger partial charge is 0.352 e. The van der Waals surface area contributed by atoms with Gasteiger partial charge in [-0.05, 0) is 31.9 Å². The van der Waals surface area contributed by atoms with E-state index in [1.807, 2.05) is 32.0 Å². The second kappa shape index (κ2) is 6.10. The van der Waals surface area contributed by atoms with Crippen LogP contribution in [-0.4, -0.2) is 16.9 Å². The van der Waals surface area contributed by atoms with Gasteiger partial charge in [0.1, 0.15) is 0 Å². The molecule has 2 nitrogen and oxygen atoms in total. The molecule has 0 aromatic heterocycles. The maximum Gasteiger partial charge on any atom is 0.251 e. The van der Waals surface area contributed by atoms with Crippen molar-refractivity contribution < 1.29 is 4.79 Å². The fourth-order valence-electron chi connectivity index (χ4n) is 1.43. The second-order valence-corrected chi connectivity index (χ2v) is 4.70. The molecule has 15 heavy (non-hydrogen) atoms. The molecule has 0 atom stereocenters. The van der Waals surface area contributed by atoms with Gasteiger partial charge in [0.15, 0.2) is 0 Å². The SMILES string of the molecule is Cc1ccc(C(=O)NCCCI)c(C)c1. The van der Waals surface area contributed by atoms with Crippen molar-refractivity contribution in [3.05, 3.63) is 34.9 Å². The van der Waals surface area contributed by atoms with Crippen molar-refractivity contribution >= 4 is 28.5 Å². The number of halogens is 1. The molecule has 0 fully saturated rings. The number of rotatable bonds is 4. The molecule has 0 saturated carbocycles. The molecule has 1 amide bonds. The highest BCUT2D eigenvalue weighted by Crippen LogP contribution is 2.10. The first-order chi connectivity index (χ1) is 7.15. The van der Waals surface area contributed by atoms with Crippen LogP contribution in [0.25, 0.3) is 0 Å². The average molecular weight is 317 g/mol. The van der Waals surface area contributed by atoms with Crippen LogP contribution in [0.5, 0.6) is 0 Å². The number of carbonyl (C=O) groups is 1. The van der Waals surface area contributed by atoms with E-state index in [1.165, 1.54) is 5.56 Å². The Morgan fingerprint density at radius 3 is 2.73 bits per heavy atom. The molecule has 0 aliphatic rings. The Morgan fingerprint density at radius 1 is 1.40 bits per heavy atom. The van der Waals surface area contributed by atoms with Crippen molar-refractivity contribution in [1.82, 2.24) is 5.32 Å². The minimum Gasteiger partial charge on any atom is -0.352 e. The summed E-state index contributed by atoms with van der Waals surface area (Å²) in [5, 5.41) is 2.92. The monoisotopic (exact) mass is 317 g/mol. The third-order valence-electron chi connectivity index (χ3n) is 2.22. The predicted octanol–water partition coefficient (Wildman–Crippen LogP) is 2.86. The van der Waals surface area contributed by atoms with Gasteiger partial charge in [-0.1, -0.05) is 40.3 Å². The first-order valence-corrected chi connectivity index (χ1v) is 6.59. The van der Waals surface area contributed by atoms with Crippen molar-refractivity contribution in [1.29, 1.82) is 0 Å². The van der Waals surface area contributed by atoms with Crippen molar-refractivity contribution in [3.63, 3.8) is 0 Å². The van der Waals surface area contributed by atoms with Gasteiger partial charge in [0.2, 0.25) is 0 Å². The standard InChI is InChI=1S/C12H16INO/c1-9-4-5-11(10(2)8-9)12(15)14-7-3-6-13/h4-5,8H,3,6-7H2,1-2H3,(H,14,15). The molecule has 0 bridgehead atoms. The summed E-state index contributed by atoms with van der Waals surface area (Å²) in [7, 11) is 0. The van der Waals surface area contributed by atoms with E-state index in [-0.39, 0.29) is 5.91 Å². The molecule has 1 N–H and O–H groups in total. The van der Waals surface area contributed by atoms with Crippen molar-refractivity contribution in [2.45, 2.75) is 20.3 Å². The molecule has 0 spiro atoms. The van der Waals surface area contributed by atoms with Crippen LogP contribution in [0.4, 0.5) is 0 Å². The Balaban J connectivity index is 2.65. The number of hydrogen-bond acceptors (Lipinski definition) is 1. The van der Waals surface area contributed by atoms with E-state index in [0.29, 0.717) is 0 Å². The molecule has 1 aromatic rings. The number of alkyl halides is 1. The molecule has 82 valence electrons. The summed E-state index contributed by atoms with van der Waals surface area (Å²) in [4.78, 5) is 11.7. The molecule has 0 radical (unpaired) electrons. The van der Waals surface area contributed by atoms with Crippen LogP contribution in [0.2, 0.25) is 0 Å². The third kappa shape index (κ3) is 3.81. The van der Waals surface area contributed by atoms with Gasteiger partial charge < -0.3 is 5.32 Å². The Bertz CT molecular complexity index is 349. The molecular weight excluding hydrogens is 301 g/mol. The lowest BCUT2D eigenvalue weighted by Crippen LogP contribution is -2.25. The summed E-state index contributed by atoms with van der Waals surface area (Å²) in [5.41, 5.74) is 3.02. The lowest BCUT2D eigenvalue weighted by Gasteiger charge is -2.07. The zero-order valence-electron chi connectivity index (χ0n) is 9.14. The summed E-state index contributed by atoms with van der Waals surface area (Å²) in [5.74, 6) is 0.0392. The average Bonchev–Trinajstić information content (AvgIpc) is 2.17. The van der Waals surface area contributed by atoms with Crippen LogP contribution in [0.3, 0.4) is 0 Å². The fraction of sp³-hybridized carbons (Fsp3) is 0.417. The number of hydrogen-bond donors (Lipinski definition) is 1. The van der Waals surface area contributed by atoms with E-state index < -0.39 is 0 Å². The van der Waals surface area contributed by atoms with Gasteiger partial charge in [0.25, 0.3) is 5.91 Å². The molecule has 0 aliphatic heterocycles. The maximum absolute atomic E-state index is 11.7. The minimum atomic E-state index is 0.0392. The lowest BCUT2D eigenvalue weighted by molar-refractivity contribution is 0.0953. The van der Waals surface area contributed by atoms with E-state index >= 15 is 0 Å². The van der Waals surface area contributed by atoms with E-state index in [1.54, 1.807) is 0 Å². The number of nitrogens with one attached hydrogen (secondary N) is 1. The summed E-state index contributed by atoms with van der Waals surface area (Å²) in [6, 6.07) is 5.90. The van der Waals surface area contributed by atoms with Crippen LogP contribution < -0.4 is 5.32 Å². The van der Waals surface area contributed by atoms with Crippen LogP contribution in [0, 0.1) is 13.8 Å². The first-order valence-electron chi connectivity index (χ1n) is 5.06. The maximum atomic E-state index is 11.7. The zero-order chi connectivity index (χ0) is 11.3. The van der Waals surface area contributed by atoms with Crippen LogP contribution in [0.1, 0.15) is 27.9 Å². The zero-order valence-corrected chi connectivity index (χ0v) is 11.3. The smallest absolute Gasteiger partial charge is 0.251 e. The van der Waals surface area contributed by atoms with Gasteiger partial charge in [-0.3, -0.25) is 4.79 Å². The summed E-state index contributed by atoms with van der Waals surface area (Å²) < 4.78 is 1.07. The highest BCUT2D eigenvalue weighted by molar-refractivity contribution is 14.1. The molecule has 3 heteroatoms. The normalized spacial score (nSPS) is 10.1. The van der Waals surface area contributed by atoms with Gasteiger partial charge in [0.05, 0.1) is 0 Å². The molecule has 0 unspecified atom stereocenters. The summed E-state index contributed by atoms with van der Waals surface area (Å²) in [6.07, 6.45) is 1.03. The Hall–Kier alpha value is -0.580. The Kier molecular flexibility index (Phi) is 5.08. The summed E-state index contributed by atoms with van der Waals surface area (Å²) >= 11 is 2.31. The van der Waals surface area contributed by atoms with Crippen LogP contribution in [-0.2, 0) is 0 Å². The quantitative estimate of drug-likeness (QED) is 0.516. The van der Waals surface area contributed by atoms with E-state index in [2.05, 4.69) is 27.9 Å². The predicted molar refractivity (Wildman–Crippen MR) is 71.8 cm³/mol. The van der Waals surface area contributed by atoms with Crippen molar-refractivity contribution in [3.8, 4) is 0 Å². The van der Waals surface area contributed by atoms with Gasteiger partial charge in [-0.2, -0.15) is 0 Å². The number of amides is 1. The van der Waals surface area contributed by atoms with Gasteiger partial charge in [-0.25, -0.2) is 0 Å². The summed E-state index contributed by atoms with van der Waals surface area (Å²) in [6.45, 7) is 4.76. The third-order valence-corrected chi connectivity index (χ3v) is 2.99. The van der Waals surface area contributed by atoms with Gasteiger partial charge >= 0.3 is 0 Å². The molecular formula is C12H16INO. The van der Waals surface area contributed by atoms with Gasteiger partial charge in [0, 0.05) is 16.5 Å².